The molecule has 6 aromatic carbocycles. The molecular weight excluding hydrogens is 661 g/mol. The van der Waals surface area contributed by atoms with Crippen molar-refractivity contribution in [3.63, 3.8) is 0 Å². The van der Waals surface area contributed by atoms with Gasteiger partial charge in [0, 0.05) is 16.5 Å². The number of aromatic nitrogens is 1. The SMILES string of the molecule is Cc1cc(C)c(B(c2ccc(C3(CCc4ccc(-n5c6ccccc6c6ccccc65)cc4)CC4CCCC(C4)C3)cc2)c2c(C)cc(C)cc2C)c(C)c1. The zero-order valence-electron chi connectivity index (χ0n) is 33.9. The van der Waals surface area contributed by atoms with Crippen molar-refractivity contribution in [3.8, 4) is 5.69 Å². The molecule has 276 valence electrons. The molecule has 1 aromatic heterocycles. The molecule has 0 radical (unpaired) electrons. The molecule has 55 heavy (non-hydrogen) atoms. The number of hydrogen-bond donors (Lipinski definition) is 0. The van der Waals surface area contributed by atoms with Crippen molar-refractivity contribution in [2.75, 3.05) is 0 Å². The lowest BCUT2D eigenvalue weighted by molar-refractivity contribution is 0.103. The van der Waals surface area contributed by atoms with Gasteiger partial charge in [0.15, 0.2) is 0 Å². The first kappa shape index (κ1) is 35.9. The first-order valence-electron chi connectivity index (χ1n) is 21.0. The van der Waals surface area contributed by atoms with Crippen LogP contribution in [0.4, 0.5) is 0 Å². The lowest BCUT2D eigenvalue weighted by Crippen LogP contribution is -2.56. The summed E-state index contributed by atoms with van der Waals surface area (Å²) in [6.45, 7) is 14.0. The van der Waals surface area contributed by atoms with Gasteiger partial charge in [-0.3, -0.25) is 0 Å². The van der Waals surface area contributed by atoms with Crippen molar-refractivity contribution in [1.82, 2.24) is 4.57 Å². The third-order valence-electron chi connectivity index (χ3n) is 13.8. The van der Waals surface area contributed by atoms with Crippen LogP contribution in [0.25, 0.3) is 27.5 Å². The highest BCUT2D eigenvalue weighted by Crippen LogP contribution is 2.52. The van der Waals surface area contributed by atoms with E-state index in [0.717, 1.165) is 18.3 Å². The van der Waals surface area contributed by atoms with Crippen molar-refractivity contribution < 1.29 is 0 Å². The Balaban J connectivity index is 1.06. The van der Waals surface area contributed by atoms with Crippen LogP contribution in [0.1, 0.15) is 89.5 Å². The van der Waals surface area contributed by atoms with E-state index in [9.17, 15) is 0 Å². The Bertz CT molecular complexity index is 2350. The molecule has 0 spiro atoms. The van der Waals surface area contributed by atoms with Crippen LogP contribution in [-0.2, 0) is 11.8 Å². The molecule has 2 heteroatoms. The second-order valence-electron chi connectivity index (χ2n) is 17.8. The molecular formula is C53H56BN. The Morgan fingerprint density at radius 3 is 1.58 bits per heavy atom. The fourth-order valence-corrected chi connectivity index (χ4v) is 11.7. The number of aryl methyl sites for hydroxylation is 7. The minimum atomic E-state index is 0.213. The number of para-hydroxylation sites is 2. The molecule has 2 unspecified atom stereocenters. The molecule has 2 saturated carbocycles. The van der Waals surface area contributed by atoms with E-state index < -0.39 is 0 Å². The zero-order valence-corrected chi connectivity index (χ0v) is 33.9. The maximum Gasteiger partial charge on any atom is 0.242 e. The Kier molecular flexibility index (Phi) is 9.36. The normalized spacial score (nSPS) is 19.6. The van der Waals surface area contributed by atoms with Gasteiger partial charge in [-0.2, -0.15) is 0 Å². The van der Waals surface area contributed by atoms with Crippen LogP contribution in [0, 0.1) is 53.4 Å². The Labute approximate surface area is 329 Å². The molecule has 2 aliphatic rings. The summed E-state index contributed by atoms with van der Waals surface area (Å²) in [7, 11) is 0. The summed E-state index contributed by atoms with van der Waals surface area (Å²) >= 11 is 0. The molecule has 2 fully saturated rings. The van der Waals surface area contributed by atoms with E-state index in [0.29, 0.717) is 0 Å². The van der Waals surface area contributed by atoms with E-state index in [-0.39, 0.29) is 12.1 Å². The minimum Gasteiger partial charge on any atom is -0.309 e. The Morgan fingerprint density at radius 2 is 1.07 bits per heavy atom. The van der Waals surface area contributed by atoms with Gasteiger partial charge in [0.1, 0.15) is 0 Å². The Morgan fingerprint density at radius 1 is 0.582 bits per heavy atom. The van der Waals surface area contributed by atoms with Crippen LogP contribution in [-0.4, -0.2) is 11.3 Å². The van der Waals surface area contributed by atoms with Crippen LogP contribution in [0.2, 0.25) is 0 Å². The largest absolute Gasteiger partial charge is 0.309 e. The average molecular weight is 718 g/mol. The van der Waals surface area contributed by atoms with Crippen LogP contribution in [0.3, 0.4) is 0 Å². The number of hydrogen-bond acceptors (Lipinski definition) is 0. The molecule has 2 bridgehead atoms. The van der Waals surface area contributed by atoms with Crippen molar-refractivity contribution in [3.05, 3.63) is 166 Å². The molecule has 9 rings (SSSR count). The first-order valence-corrected chi connectivity index (χ1v) is 21.0. The van der Waals surface area contributed by atoms with Crippen LogP contribution in [0.15, 0.2) is 121 Å². The summed E-state index contributed by atoms with van der Waals surface area (Å²) in [5.41, 5.74) is 19.7. The second-order valence-corrected chi connectivity index (χ2v) is 17.8. The van der Waals surface area contributed by atoms with E-state index in [1.54, 1.807) is 5.56 Å². The third kappa shape index (κ3) is 6.56. The highest BCUT2D eigenvalue weighted by atomic mass is 15.0. The smallest absolute Gasteiger partial charge is 0.242 e. The van der Waals surface area contributed by atoms with Gasteiger partial charge in [-0.05, 0) is 126 Å². The van der Waals surface area contributed by atoms with E-state index in [2.05, 4.69) is 167 Å². The van der Waals surface area contributed by atoms with Gasteiger partial charge in [-0.1, -0.05) is 166 Å². The van der Waals surface area contributed by atoms with Crippen LogP contribution < -0.4 is 16.4 Å². The molecule has 0 amide bonds. The average Bonchev–Trinajstić information content (AvgIpc) is 3.50. The summed E-state index contributed by atoms with van der Waals surface area (Å²) < 4.78 is 2.44. The quantitative estimate of drug-likeness (QED) is 0.138. The van der Waals surface area contributed by atoms with Crippen molar-refractivity contribution in [2.45, 2.75) is 98.3 Å². The fraction of sp³-hybridized carbons (Fsp3) is 0.321. The van der Waals surface area contributed by atoms with E-state index >= 15 is 0 Å². The summed E-state index contributed by atoms with van der Waals surface area (Å²) in [4.78, 5) is 0. The van der Waals surface area contributed by atoms with Gasteiger partial charge in [0.2, 0.25) is 6.71 Å². The van der Waals surface area contributed by atoms with Crippen molar-refractivity contribution in [2.24, 2.45) is 11.8 Å². The minimum absolute atomic E-state index is 0.213. The molecule has 0 N–H and O–H groups in total. The Hall–Kier alpha value is -4.82. The molecule has 2 aliphatic carbocycles. The monoisotopic (exact) mass is 717 g/mol. The topological polar surface area (TPSA) is 4.93 Å². The summed E-state index contributed by atoms with van der Waals surface area (Å²) in [6, 6.07) is 46.9. The molecule has 0 aliphatic heterocycles. The standard InChI is InChI=1S/C53H56BN/c1-35-28-37(3)51(38(4)29-35)54(52-39(5)30-36(2)31-40(52)6)45-22-20-44(21-23-45)53(33-42-12-11-13-43(32-42)34-53)27-26-41-18-24-46(25-19-41)55-49-16-9-7-14-47(49)48-15-8-10-17-50(48)55/h7-10,14-25,28-31,42-43H,11-13,26-27,32-34H2,1-6H3. The van der Waals surface area contributed by atoms with Gasteiger partial charge in [0.25, 0.3) is 0 Å². The summed E-state index contributed by atoms with van der Waals surface area (Å²) in [5.74, 6) is 1.71. The fourth-order valence-electron chi connectivity index (χ4n) is 11.7. The predicted molar refractivity (Wildman–Crippen MR) is 238 cm³/mol. The third-order valence-corrected chi connectivity index (χ3v) is 13.8. The first-order chi connectivity index (χ1) is 26.7. The number of nitrogens with zero attached hydrogens (tertiary/aromatic N) is 1. The van der Waals surface area contributed by atoms with Crippen molar-refractivity contribution in [1.29, 1.82) is 0 Å². The number of fused-ring (bicyclic) bond motifs is 5. The highest BCUT2D eigenvalue weighted by molar-refractivity contribution is 6.96. The zero-order chi connectivity index (χ0) is 37.8. The summed E-state index contributed by atoms with van der Waals surface area (Å²) in [6.07, 6.45) is 10.7. The van der Waals surface area contributed by atoms with Gasteiger partial charge in [0.05, 0.1) is 11.0 Å². The molecule has 1 nitrogen and oxygen atoms in total. The predicted octanol–water partition coefficient (Wildman–Crippen LogP) is 11.6. The van der Waals surface area contributed by atoms with E-state index in [4.69, 9.17) is 0 Å². The van der Waals surface area contributed by atoms with Crippen LogP contribution >= 0.6 is 0 Å². The molecule has 0 saturated heterocycles. The van der Waals surface area contributed by atoms with Crippen molar-refractivity contribution >= 4 is 44.9 Å². The molecule has 7 aromatic rings. The maximum absolute atomic E-state index is 2.56. The lowest BCUT2D eigenvalue weighted by Gasteiger charge is -2.48. The summed E-state index contributed by atoms with van der Waals surface area (Å²) in [5, 5.41) is 2.63. The van der Waals surface area contributed by atoms with Gasteiger partial charge < -0.3 is 4.57 Å². The van der Waals surface area contributed by atoms with Gasteiger partial charge in [-0.15, -0.1) is 0 Å². The van der Waals surface area contributed by atoms with Gasteiger partial charge in [-0.25, -0.2) is 0 Å². The molecule has 1 heterocycles. The second kappa shape index (κ2) is 14.4. The molecule has 2 atom stereocenters. The number of rotatable bonds is 8. The number of benzene rings is 6. The maximum atomic E-state index is 2.56. The van der Waals surface area contributed by atoms with E-state index in [1.165, 1.54) is 128 Å². The van der Waals surface area contributed by atoms with Gasteiger partial charge >= 0.3 is 0 Å². The van der Waals surface area contributed by atoms with E-state index in [1.807, 2.05) is 0 Å². The highest BCUT2D eigenvalue weighted by Gasteiger charge is 2.43. The van der Waals surface area contributed by atoms with Crippen LogP contribution in [0.5, 0.6) is 0 Å². The lowest BCUT2D eigenvalue weighted by atomic mass is 9.34.